The van der Waals surface area contributed by atoms with Crippen molar-refractivity contribution >= 4 is 11.8 Å². The molecule has 18 heavy (non-hydrogen) atoms. The van der Waals surface area contributed by atoms with Crippen LogP contribution >= 0.6 is 0 Å². The summed E-state index contributed by atoms with van der Waals surface area (Å²) < 4.78 is 0. The molecule has 0 bridgehead atoms. The summed E-state index contributed by atoms with van der Waals surface area (Å²) in [6, 6.07) is 9.58. The molecule has 2 aliphatic rings. The summed E-state index contributed by atoms with van der Waals surface area (Å²) in [6.07, 6.45) is 1.52. The van der Waals surface area contributed by atoms with Gasteiger partial charge in [-0.1, -0.05) is 18.2 Å². The molecular formula is C14H16N2O2. The lowest BCUT2D eigenvalue weighted by molar-refractivity contribution is -0.130. The molecule has 0 aliphatic carbocycles. The molecule has 4 heteroatoms. The van der Waals surface area contributed by atoms with Crippen molar-refractivity contribution in [3.05, 3.63) is 35.9 Å². The van der Waals surface area contributed by atoms with Crippen LogP contribution in [0.4, 0.5) is 0 Å². The number of nitrogens with zero attached hydrogens (tertiary/aromatic N) is 2. The third-order valence-corrected chi connectivity index (χ3v) is 3.80. The van der Waals surface area contributed by atoms with Crippen molar-refractivity contribution < 1.29 is 9.59 Å². The lowest BCUT2D eigenvalue weighted by Gasteiger charge is -2.37. The fraction of sp³-hybridized carbons (Fsp3) is 0.429. The first kappa shape index (κ1) is 11.3. The Morgan fingerprint density at radius 2 is 1.94 bits per heavy atom. The van der Waals surface area contributed by atoms with Crippen LogP contribution in [0.1, 0.15) is 23.2 Å². The molecule has 0 unspecified atom stereocenters. The second kappa shape index (κ2) is 4.44. The van der Waals surface area contributed by atoms with Gasteiger partial charge in [0, 0.05) is 37.7 Å². The fourth-order valence-corrected chi connectivity index (χ4v) is 2.81. The van der Waals surface area contributed by atoms with Gasteiger partial charge in [0.25, 0.3) is 5.91 Å². The van der Waals surface area contributed by atoms with Gasteiger partial charge in [-0.25, -0.2) is 0 Å². The molecule has 0 aromatic heterocycles. The molecule has 0 radical (unpaired) electrons. The minimum Gasteiger partial charge on any atom is -0.336 e. The Morgan fingerprint density at radius 1 is 1.17 bits per heavy atom. The Kier molecular flexibility index (Phi) is 2.78. The number of rotatable bonds is 1. The SMILES string of the molecule is O=C(c1ccccc1)N1CCN2C(=O)CC[C@H]2C1. The van der Waals surface area contributed by atoms with Gasteiger partial charge < -0.3 is 9.80 Å². The number of carbonyl (C=O) groups is 2. The van der Waals surface area contributed by atoms with Gasteiger partial charge in [-0.15, -0.1) is 0 Å². The van der Waals surface area contributed by atoms with Crippen molar-refractivity contribution in [3.8, 4) is 0 Å². The normalized spacial score (nSPS) is 23.1. The summed E-state index contributed by atoms with van der Waals surface area (Å²) in [5.74, 6) is 0.321. The predicted octanol–water partition coefficient (Wildman–Crippen LogP) is 1.13. The number of piperazine rings is 1. The molecule has 2 saturated heterocycles. The molecule has 0 N–H and O–H groups in total. The Bertz CT molecular complexity index is 472. The first-order valence-corrected chi connectivity index (χ1v) is 6.39. The number of carbonyl (C=O) groups excluding carboxylic acids is 2. The second-order valence-corrected chi connectivity index (χ2v) is 4.90. The number of fused-ring (bicyclic) bond motifs is 1. The van der Waals surface area contributed by atoms with Gasteiger partial charge in [0.2, 0.25) is 5.91 Å². The van der Waals surface area contributed by atoms with Crippen molar-refractivity contribution in [1.82, 2.24) is 9.80 Å². The Morgan fingerprint density at radius 3 is 2.72 bits per heavy atom. The molecule has 1 aromatic rings. The lowest BCUT2D eigenvalue weighted by atomic mass is 10.1. The quantitative estimate of drug-likeness (QED) is 0.743. The predicted molar refractivity (Wildman–Crippen MR) is 67.1 cm³/mol. The van der Waals surface area contributed by atoms with Crippen molar-refractivity contribution in [1.29, 1.82) is 0 Å². The van der Waals surface area contributed by atoms with Gasteiger partial charge >= 0.3 is 0 Å². The van der Waals surface area contributed by atoms with E-state index in [4.69, 9.17) is 0 Å². The number of hydrogen-bond donors (Lipinski definition) is 0. The Labute approximate surface area is 106 Å². The van der Waals surface area contributed by atoms with E-state index in [1.54, 1.807) is 0 Å². The number of hydrogen-bond acceptors (Lipinski definition) is 2. The van der Waals surface area contributed by atoms with Gasteiger partial charge in [0.05, 0.1) is 0 Å². The Hall–Kier alpha value is -1.84. The largest absolute Gasteiger partial charge is 0.336 e. The van der Waals surface area contributed by atoms with Crippen LogP contribution in [-0.2, 0) is 4.79 Å². The smallest absolute Gasteiger partial charge is 0.253 e. The van der Waals surface area contributed by atoms with E-state index in [1.165, 1.54) is 0 Å². The van der Waals surface area contributed by atoms with Crippen LogP contribution in [0.2, 0.25) is 0 Å². The summed E-state index contributed by atoms with van der Waals surface area (Å²) >= 11 is 0. The highest BCUT2D eigenvalue weighted by atomic mass is 16.2. The summed E-state index contributed by atoms with van der Waals surface area (Å²) in [5.41, 5.74) is 0.732. The van der Waals surface area contributed by atoms with Gasteiger partial charge in [-0.3, -0.25) is 9.59 Å². The highest BCUT2D eigenvalue weighted by Gasteiger charge is 2.36. The maximum atomic E-state index is 12.3. The summed E-state index contributed by atoms with van der Waals surface area (Å²) in [4.78, 5) is 27.7. The Balaban J connectivity index is 1.72. The first-order valence-electron chi connectivity index (χ1n) is 6.39. The zero-order chi connectivity index (χ0) is 12.5. The highest BCUT2D eigenvalue weighted by Crippen LogP contribution is 2.23. The third-order valence-electron chi connectivity index (χ3n) is 3.80. The van der Waals surface area contributed by atoms with Gasteiger partial charge in [0.1, 0.15) is 0 Å². The number of amides is 2. The molecule has 3 rings (SSSR count). The van der Waals surface area contributed by atoms with Gasteiger partial charge in [0.15, 0.2) is 0 Å². The van der Waals surface area contributed by atoms with Crippen molar-refractivity contribution in [3.63, 3.8) is 0 Å². The minimum atomic E-state index is 0.0783. The molecule has 2 heterocycles. The van der Waals surface area contributed by atoms with Crippen LogP contribution < -0.4 is 0 Å². The van der Waals surface area contributed by atoms with E-state index in [1.807, 2.05) is 40.1 Å². The molecule has 2 amide bonds. The molecule has 0 saturated carbocycles. The lowest BCUT2D eigenvalue weighted by Crippen LogP contribution is -2.53. The van der Waals surface area contributed by atoms with E-state index < -0.39 is 0 Å². The van der Waals surface area contributed by atoms with E-state index >= 15 is 0 Å². The standard InChI is InChI=1S/C14H16N2O2/c17-13-7-6-12-10-15(8-9-16(12)13)14(18)11-4-2-1-3-5-11/h1-5,12H,6-10H2/t12-/m0/s1. The van der Waals surface area contributed by atoms with Crippen LogP contribution in [0.15, 0.2) is 30.3 Å². The van der Waals surface area contributed by atoms with Gasteiger partial charge in [-0.05, 0) is 18.6 Å². The van der Waals surface area contributed by atoms with Gasteiger partial charge in [-0.2, -0.15) is 0 Å². The fourth-order valence-electron chi connectivity index (χ4n) is 2.81. The first-order chi connectivity index (χ1) is 8.75. The zero-order valence-corrected chi connectivity index (χ0v) is 10.2. The molecular weight excluding hydrogens is 228 g/mol. The molecule has 2 aliphatic heterocycles. The van der Waals surface area contributed by atoms with Crippen LogP contribution in [0.5, 0.6) is 0 Å². The molecule has 2 fully saturated rings. The molecule has 4 nitrogen and oxygen atoms in total. The zero-order valence-electron chi connectivity index (χ0n) is 10.2. The molecule has 94 valence electrons. The van der Waals surface area contributed by atoms with Crippen molar-refractivity contribution in [2.45, 2.75) is 18.9 Å². The summed E-state index contributed by atoms with van der Waals surface area (Å²) in [7, 11) is 0. The van der Waals surface area contributed by atoms with Crippen LogP contribution in [-0.4, -0.2) is 47.3 Å². The minimum absolute atomic E-state index is 0.0783. The summed E-state index contributed by atoms with van der Waals surface area (Å²) in [6.45, 7) is 2.01. The average Bonchev–Trinajstić information content (AvgIpc) is 2.80. The number of benzene rings is 1. The second-order valence-electron chi connectivity index (χ2n) is 4.90. The highest BCUT2D eigenvalue weighted by molar-refractivity contribution is 5.94. The van der Waals surface area contributed by atoms with Crippen LogP contribution in [0, 0.1) is 0 Å². The van der Waals surface area contributed by atoms with Crippen LogP contribution in [0.3, 0.4) is 0 Å². The monoisotopic (exact) mass is 244 g/mol. The average molecular weight is 244 g/mol. The summed E-state index contributed by atoms with van der Waals surface area (Å²) in [5, 5.41) is 0. The molecule has 0 spiro atoms. The topological polar surface area (TPSA) is 40.6 Å². The van der Waals surface area contributed by atoms with Crippen LogP contribution in [0.25, 0.3) is 0 Å². The maximum absolute atomic E-state index is 12.3. The molecule has 1 aromatic carbocycles. The van der Waals surface area contributed by atoms with E-state index in [9.17, 15) is 9.59 Å². The van der Waals surface area contributed by atoms with E-state index in [2.05, 4.69) is 0 Å². The molecule has 1 atom stereocenters. The van der Waals surface area contributed by atoms with E-state index in [-0.39, 0.29) is 17.9 Å². The third kappa shape index (κ3) is 1.88. The van der Waals surface area contributed by atoms with Crippen molar-refractivity contribution in [2.75, 3.05) is 19.6 Å². The van der Waals surface area contributed by atoms with E-state index in [0.29, 0.717) is 26.1 Å². The van der Waals surface area contributed by atoms with Crippen molar-refractivity contribution in [2.24, 2.45) is 0 Å². The maximum Gasteiger partial charge on any atom is 0.253 e. The van der Waals surface area contributed by atoms with E-state index in [0.717, 1.165) is 12.0 Å².